The van der Waals surface area contributed by atoms with Crippen LogP contribution in [0.4, 0.5) is 0 Å². The van der Waals surface area contributed by atoms with Crippen LogP contribution in [0.3, 0.4) is 0 Å². The van der Waals surface area contributed by atoms with E-state index in [1.54, 1.807) is 0 Å². The summed E-state index contributed by atoms with van der Waals surface area (Å²) in [6, 6.07) is 2.22. The van der Waals surface area contributed by atoms with Crippen molar-refractivity contribution >= 4 is 0 Å². The van der Waals surface area contributed by atoms with Crippen molar-refractivity contribution in [1.29, 1.82) is 0 Å². The van der Waals surface area contributed by atoms with Crippen LogP contribution in [-0.2, 0) is 0 Å². The molecule has 13 heavy (non-hydrogen) atoms. The molecule has 0 aromatic carbocycles. The highest BCUT2D eigenvalue weighted by molar-refractivity contribution is 5.98. The number of rotatable bonds is 3. The third kappa shape index (κ3) is 1.32. The molecule has 0 saturated heterocycles. The second-order valence-corrected chi connectivity index (χ2v) is 4.28. The average molecular weight is 176 g/mol. The van der Waals surface area contributed by atoms with Gasteiger partial charge in [0.05, 0.1) is 6.61 Å². The van der Waals surface area contributed by atoms with Crippen LogP contribution in [0, 0.1) is 19.8 Å². The number of hydrogen-bond donors (Lipinski definition) is 0. The highest BCUT2D eigenvalue weighted by atomic mass is 16.5. The molecule has 2 aliphatic rings. The zero-order valence-electron chi connectivity index (χ0n) is 8.77. The van der Waals surface area contributed by atoms with Gasteiger partial charge in [-0.05, 0) is 37.0 Å². The van der Waals surface area contributed by atoms with E-state index in [4.69, 9.17) is 4.74 Å². The molecule has 70 valence electrons. The Morgan fingerprint density at radius 3 is 2.46 bits per heavy atom. The lowest BCUT2D eigenvalue weighted by Crippen LogP contribution is -2.02. The lowest BCUT2D eigenvalue weighted by Gasteiger charge is -2.03. The second-order valence-electron chi connectivity index (χ2n) is 4.28. The predicted octanol–water partition coefficient (Wildman–Crippen LogP) is 3.32. The van der Waals surface area contributed by atoms with Gasteiger partial charge in [-0.1, -0.05) is 13.8 Å². The van der Waals surface area contributed by atoms with E-state index >= 15 is 0 Å². The Kier molecular flexibility index (Phi) is 1.83. The Morgan fingerprint density at radius 1 is 1.31 bits per heavy atom. The minimum Gasteiger partial charge on any atom is -0.492 e. The Bertz CT molecular complexity index is 351. The lowest BCUT2D eigenvalue weighted by atomic mass is 10.2. The van der Waals surface area contributed by atoms with Gasteiger partial charge in [-0.3, -0.25) is 0 Å². The molecule has 0 N–H and O–H groups in total. The summed E-state index contributed by atoms with van der Waals surface area (Å²) in [6.07, 6.45) is 0. The summed E-state index contributed by atoms with van der Waals surface area (Å²) in [5.74, 6) is 1.76. The largest absolute Gasteiger partial charge is 0.492 e. The Morgan fingerprint density at radius 2 is 2.00 bits per heavy atom. The SMILES string of the molecule is Cc1cc2c(OCC(C)C)c-2c1C. The van der Waals surface area contributed by atoms with Crippen LogP contribution >= 0.6 is 0 Å². The van der Waals surface area contributed by atoms with Crippen LogP contribution in [0.5, 0.6) is 5.75 Å². The number of aryl methyl sites for hydroxylation is 1. The molecule has 0 unspecified atom stereocenters. The fourth-order valence-electron chi connectivity index (χ4n) is 1.62. The monoisotopic (exact) mass is 176 g/mol. The van der Waals surface area contributed by atoms with E-state index in [1.165, 1.54) is 22.3 Å². The van der Waals surface area contributed by atoms with Gasteiger partial charge in [0.2, 0.25) is 0 Å². The summed E-state index contributed by atoms with van der Waals surface area (Å²) in [7, 11) is 0. The van der Waals surface area contributed by atoms with Crippen LogP contribution in [0.2, 0.25) is 0 Å². The first kappa shape index (κ1) is 8.61. The summed E-state index contributed by atoms with van der Waals surface area (Å²) in [5.41, 5.74) is 5.50. The van der Waals surface area contributed by atoms with Gasteiger partial charge in [0.15, 0.2) is 0 Å². The van der Waals surface area contributed by atoms with Gasteiger partial charge in [0.25, 0.3) is 0 Å². The maximum absolute atomic E-state index is 5.68. The minimum atomic E-state index is 0.611. The van der Waals surface area contributed by atoms with E-state index in [2.05, 4.69) is 33.8 Å². The van der Waals surface area contributed by atoms with Crippen LogP contribution < -0.4 is 4.74 Å². The average Bonchev–Trinajstić information content (AvgIpc) is 2.64. The lowest BCUT2D eigenvalue weighted by molar-refractivity contribution is 0.280. The van der Waals surface area contributed by atoms with Crippen molar-refractivity contribution < 1.29 is 4.74 Å². The van der Waals surface area contributed by atoms with E-state index in [-0.39, 0.29) is 0 Å². The van der Waals surface area contributed by atoms with Crippen LogP contribution in [0.15, 0.2) is 6.07 Å². The first-order valence-corrected chi connectivity index (χ1v) is 4.88. The van der Waals surface area contributed by atoms with Gasteiger partial charge in [-0.25, -0.2) is 0 Å². The van der Waals surface area contributed by atoms with E-state index in [0.29, 0.717) is 5.92 Å². The van der Waals surface area contributed by atoms with Gasteiger partial charge < -0.3 is 4.74 Å². The molecule has 0 aromatic rings. The normalized spacial score (nSPS) is 12.1. The van der Waals surface area contributed by atoms with Gasteiger partial charge in [0.1, 0.15) is 5.75 Å². The zero-order chi connectivity index (χ0) is 9.59. The first-order chi connectivity index (χ1) is 6.11. The minimum absolute atomic E-state index is 0.611. The summed E-state index contributed by atoms with van der Waals surface area (Å²) >= 11 is 0. The summed E-state index contributed by atoms with van der Waals surface area (Å²) < 4.78 is 5.68. The molecule has 0 aromatic heterocycles. The topological polar surface area (TPSA) is 9.23 Å². The van der Waals surface area contributed by atoms with Gasteiger partial charge >= 0.3 is 0 Å². The zero-order valence-corrected chi connectivity index (χ0v) is 8.77. The number of ether oxygens (including phenoxy) is 1. The predicted molar refractivity (Wildman–Crippen MR) is 55.2 cm³/mol. The molecule has 1 heteroatoms. The summed E-state index contributed by atoms with van der Waals surface area (Å²) in [6.45, 7) is 9.50. The molecule has 2 aliphatic carbocycles. The maximum Gasteiger partial charge on any atom is 0.135 e. The van der Waals surface area contributed by atoms with Gasteiger partial charge in [-0.2, -0.15) is 0 Å². The van der Waals surface area contributed by atoms with Gasteiger partial charge in [-0.15, -0.1) is 0 Å². The first-order valence-electron chi connectivity index (χ1n) is 4.88. The number of benzene rings is 1. The van der Waals surface area contributed by atoms with Crippen molar-refractivity contribution in [1.82, 2.24) is 0 Å². The van der Waals surface area contributed by atoms with E-state index < -0.39 is 0 Å². The third-order valence-corrected chi connectivity index (χ3v) is 2.57. The molecule has 0 spiro atoms. The quantitative estimate of drug-likeness (QED) is 0.697. The molecule has 0 aliphatic heterocycles. The molecule has 0 bridgehead atoms. The third-order valence-electron chi connectivity index (χ3n) is 2.57. The van der Waals surface area contributed by atoms with Crippen molar-refractivity contribution in [2.24, 2.45) is 5.92 Å². The van der Waals surface area contributed by atoms with E-state index in [0.717, 1.165) is 12.4 Å². The molecule has 1 nitrogen and oxygen atoms in total. The maximum atomic E-state index is 5.68. The van der Waals surface area contributed by atoms with E-state index in [1.807, 2.05) is 0 Å². The van der Waals surface area contributed by atoms with Crippen molar-refractivity contribution in [2.75, 3.05) is 6.61 Å². The van der Waals surface area contributed by atoms with Crippen LogP contribution in [-0.4, -0.2) is 6.61 Å². The van der Waals surface area contributed by atoms with Gasteiger partial charge in [0, 0.05) is 11.1 Å². The highest BCUT2D eigenvalue weighted by Gasteiger charge is 2.30. The molecule has 0 saturated carbocycles. The Balaban J connectivity index is 2.08. The molecule has 0 amide bonds. The van der Waals surface area contributed by atoms with Crippen molar-refractivity contribution in [3.63, 3.8) is 0 Å². The summed E-state index contributed by atoms with van der Waals surface area (Å²) in [4.78, 5) is 0. The highest BCUT2D eigenvalue weighted by Crippen LogP contribution is 2.55. The van der Waals surface area contributed by atoms with Crippen LogP contribution in [0.25, 0.3) is 11.1 Å². The Hall–Kier alpha value is -0.980. The molecule has 2 rings (SSSR count). The smallest absolute Gasteiger partial charge is 0.135 e. The van der Waals surface area contributed by atoms with Crippen molar-refractivity contribution in [3.8, 4) is 16.9 Å². The van der Waals surface area contributed by atoms with Crippen molar-refractivity contribution in [3.05, 3.63) is 17.2 Å². The molecule has 0 atom stereocenters. The second kappa shape index (κ2) is 2.76. The van der Waals surface area contributed by atoms with Crippen LogP contribution in [0.1, 0.15) is 25.0 Å². The number of fused-ring (bicyclic) bond motifs is 1. The fraction of sp³-hybridized carbons (Fsp3) is 0.500. The number of hydrogen-bond acceptors (Lipinski definition) is 1. The summed E-state index contributed by atoms with van der Waals surface area (Å²) in [5, 5.41) is 0. The Labute approximate surface area is 79.7 Å². The molecular weight excluding hydrogens is 160 g/mol. The molecule has 0 radical (unpaired) electrons. The molecule has 0 heterocycles. The standard InChI is InChI=1S/C12H16O/c1-7(2)6-13-12-10-5-8(3)9(4)11(10)12/h5,7H,6H2,1-4H3. The fourth-order valence-corrected chi connectivity index (χ4v) is 1.62. The molecular formula is C12H16O. The van der Waals surface area contributed by atoms with Crippen molar-refractivity contribution in [2.45, 2.75) is 27.7 Å². The van der Waals surface area contributed by atoms with E-state index in [9.17, 15) is 0 Å². The molecule has 0 fully saturated rings.